The Labute approximate surface area is 239 Å². The quantitative estimate of drug-likeness (QED) is 0.258. The van der Waals surface area contributed by atoms with Crippen molar-refractivity contribution >= 4 is 67.8 Å². The second kappa shape index (κ2) is 11.4. The second-order valence-electron chi connectivity index (χ2n) is 7.89. The van der Waals surface area contributed by atoms with E-state index in [2.05, 4.69) is 9.97 Å². The summed E-state index contributed by atoms with van der Waals surface area (Å²) in [4.78, 5) is 19.9. The summed E-state index contributed by atoms with van der Waals surface area (Å²) < 4.78 is 52.7. The van der Waals surface area contributed by atoms with Gasteiger partial charge in [-0.05, 0) is 44.2 Å². The summed E-state index contributed by atoms with van der Waals surface area (Å²) in [5.41, 5.74) is 2.19. The molecular weight excluding hydrogens is 529 g/mol. The van der Waals surface area contributed by atoms with Crippen molar-refractivity contribution in [2.24, 2.45) is 0 Å². The monoisotopic (exact) mass is 552 g/mol. The van der Waals surface area contributed by atoms with Crippen LogP contribution in [0.4, 0.5) is 0 Å². The third-order valence-corrected chi connectivity index (χ3v) is 8.66. The average Bonchev–Trinajstić information content (AvgIpc) is 3.26. The number of nitrogens with zero attached hydrogens (tertiary/aromatic N) is 3. The number of carboxylic acid groups (broad SMARTS) is 1. The molecule has 0 saturated heterocycles. The number of imidazole rings is 1. The van der Waals surface area contributed by atoms with Gasteiger partial charge in [-0.2, -0.15) is 8.96 Å². The Balaban J connectivity index is 0.00000380. The number of hydrogen-bond donors (Lipinski definition) is 1. The maximum atomic E-state index is 13.8. The maximum Gasteiger partial charge on any atom is 0.338 e. The van der Waals surface area contributed by atoms with E-state index >= 15 is 0 Å². The van der Waals surface area contributed by atoms with Crippen LogP contribution < -0.4 is 9.47 Å². The molecule has 0 aliphatic heterocycles. The molecule has 4 rings (SSSR count). The van der Waals surface area contributed by atoms with Gasteiger partial charge in [0.25, 0.3) is 10.0 Å². The number of aryl methyl sites for hydroxylation is 1. The number of carbonyl (C=O) groups is 1. The Hall–Kier alpha value is -2.61. The van der Waals surface area contributed by atoms with Gasteiger partial charge < -0.3 is 19.1 Å². The fourth-order valence-electron chi connectivity index (χ4n) is 3.82. The zero-order chi connectivity index (χ0) is 26.2. The van der Waals surface area contributed by atoms with Crippen molar-refractivity contribution in [1.82, 2.24) is 13.9 Å². The van der Waals surface area contributed by atoms with Crippen molar-refractivity contribution in [3.63, 3.8) is 0 Å². The van der Waals surface area contributed by atoms with E-state index in [4.69, 9.17) is 9.47 Å². The van der Waals surface area contributed by atoms with Gasteiger partial charge in [-0.25, -0.2) is 13.2 Å². The Morgan fingerprint density at radius 2 is 1.86 bits per heavy atom. The van der Waals surface area contributed by atoms with E-state index in [1.165, 1.54) is 44.6 Å². The molecular formula is C24H23N3NaO7S2. The number of pyridine rings is 1. The van der Waals surface area contributed by atoms with Gasteiger partial charge in [0, 0.05) is 64.1 Å². The Morgan fingerprint density at radius 3 is 2.51 bits per heavy atom. The molecule has 1 N–H and O–H groups in total. The summed E-state index contributed by atoms with van der Waals surface area (Å²) in [6, 6.07) is 9.55. The van der Waals surface area contributed by atoms with Gasteiger partial charge in [-0.3, -0.25) is 4.98 Å². The van der Waals surface area contributed by atoms with Gasteiger partial charge in [-0.15, -0.1) is 0 Å². The van der Waals surface area contributed by atoms with Crippen LogP contribution in [0.25, 0.3) is 11.0 Å². The molecule has 0 bridgehead atoms. The summed E-state index contributed by atoms with van der Waals surface area (Å²) in [6.07, 6.45) is 1.60. The van der Waals surface area contributed by atoms with E-state index in [0.29, 0.717) is 22.8 Å². The summed E-state index contributed by atoms with van der Waals surface area (Å²) >= 11 is -1.95. The molecule has 2 aromatic carbocycles. The second-order valence-corrected chi connectivity index (χ2v) is 11.0. The summed E-state index contributed by atoms with van der Waals surface area (Å²) in [6.45, 7) is 3.62. The van der Waals surface area contributed by atoms with Crippen LogP contribution >= 0.6 is 0 Å². The van der Waals surface area contributed by atoms with Gasteiger partial charge in [0.15, 0.2) is 5.75 Å². The zero-order valence-electron chi connectivity index (χ0n) is 20.9. The molecule has 10 nitrogen and oxygen atoms in total. The third-order valence-electron chi connectivity index (χ3n) is 5.63. The first-order chi connectivity index (χ1) is 17.1. The number of aromatic nitrogens is 3. The van der Waals surface area contributed by atoms with E-state index in [0.717, 1.165) is 15.6 Å². The predicted molar refractivity (Wildman–Crippen MR) is 138 cm³/mol. The molecule has 4 aromatic rings. The first-order valence-corrected chi connectivity index (χ1v) is 13.4. The molecule has 0 aliphatic carbocycles. The number of methoxy groups -OCH3 is 2. The number of carboxylic acids is 1. The molecule has 0 saturated carbocycles. The molecule has 2 heterocycles. The minimum absolute atomic E-state index is 0. The third kappa shape index (κ3) is 5.49. The zero-order valence-corrected chi connectivity index (χ0v) is 24.5. The van der Waals surface area contributed by atoms with Crippen LogP contribution in [0.1, 0.15) is 27.2 Å². The Morgan fingerprint density at radius 1 is 1.14 bits per heavy atom. The minimum Gasteiger partial charge on any atom is -0.609 e. The van der Waals surface area contributed by atoms with Crippen LogP contribution in [0.3, 0.4) is 0 Å². The normalized spacial score (nSPS) is 12.1. The fraction of sp³-hybridized carbons (Fsp3) is 0.208. The van der Waals surface area contributed by atoms with Gasteiger partial charge in [0.2, 0.25) is 0 Å². The molecule has 13 heteroatoms. The van der Waals surface area contributed by atoms with Crippen molar-refractivity contribution in [2.75, 3.05) is 14.2 Å². The van der Waals surface area contributed by atoms with Crippen LogP contribution in [0, 0.1) is 13.8 Å². The van der Waals surface area contributed by atoms with Gasteiger partial charge in [0.05, 0.1) is 41.4 Å². The van der Waals surface area contributed by atoms with Gasteiger partial charge in [-0.1, -0.05) is 6.07 Å². The summed E-state index contributed by atoms with van der Waals surface area (Å²) in [5.74, 6) is -0.344. The van der Waals surface area contributed by atoms with E-state index in [1.807, 2.05) is 6.92 Å². The van der Waals surface area contributed by atoms with E-state index in [9.17, 15) is 22.9 Å². The Kier molecular flexibility index (Phi) is 8.93. The van der Waals surface area contributed by atoms with Crippen LogP contribution in [-0.4, -0.2) is 81.8 Å². The molecule has 0 amide bonds. The van der Waals surface area contributed by atoms with Crippen LogP contribution in [0.15, 0.2) is 58.7 Å². The first kappa shape index (κ1) is 29.0. The smallest absolute Gasteiger partial charge is 0.338 e. The van der Waals surface area contributed by atoms with Crippen molar-refractivity contribution in [3.8, 4) is 11.5 Å². The average molecular weight is 553 g/mol. The van der Waals surface area contributed by atoms with Crippen LogP contribution in [0.2, 0.25) is 0 Å². The SMILES string of the molecule is COc1ccc2c(c1)nc([S+]([O-])Cc1ncc(C)c(OC)c1C)n2S(=O)(=O)c1cccc(C(=O)O)c1.[Na]. The maximum absolute atomic E-state index is 13.8. The standard InChI is InChI=1S/C24H23N3O7S2.Na/c1-14-12-25-20(15(2)22(14)34-4)13-35(30)24-26-19-11-17(33-3)8-9-21(19)27(24)36(31,32)18-7-5-6-16(10-18)23(28)29;/h5-12H,13H2,1-4H3,(H,28,29);. The minimum atomic E-state index is -4.38. The molecule has 0 spiro atoms. The van der Waals surface area contributed by atoms with Gasteiger partial charge in [0.1, 0.15) is 11.5 Å². The molecule has 2 aromatic heterocycles. The molecule has 189 valence electrons. The molecule has 0 fully saturated rings. The van der Waals surface area contributed by atoms with Crippen molar-refractivity contribution < 1.29 is 32.3 Å². The van der Waals surface area contributed by atoms with Crippen LogP contribution in [0.5, 0.6) is 11.5 Å². The number of ether oxygens (including phenoxy) is 2. The molecule has 37 heavy (non-hydrogen) atoms. The van der Waals surface area contributed by atoms with E-state index in [1.54, 1.807) is 19.2 Å². The number of hydrogen-bond acceptors (Lipinski definition) is 8. The topological polar surface area (TPSA) is 144 Å². The molecule has 1 radical (unpaired) electrons. The molecule has 1 unspecified atom stereocenters. The molecule has 0 aliphatic rings. The fourth-order valence-corrected chi connectivity index (χ4v) is 6.91. The van der Waals surface area contributed by atoms with Crippen molar-refractivity contribution in [1.29, 1.82) is 0 Å². The first-order valence-electron chi connectivity index (χ1n) is 10.6. The largest absolute Gasteiger partial charge is 0.609 e. The number of rotatable bonds is 8. The summed E-state index contributed by atoms with van der Waals surface area (Å²) in [7, 11) is -1.39. The Bertz CT molecular complexity index is 1590. The van der Waals surface area contributed by atoms with Crippen molar-refractivity contribution in [2.45, 2.75) is 29.7 Å². The predicted octanol–water partition coefficient (Wildman–Crippen LogP) is 2.93. The van der Waals surface area contributed by atoms with Crippen molar-refractivity contribution in [3.05, 3.63) is 71.0 Å². The number of benzene rings is 2. The van der Waals surface area contributed by atoms with E-state index < -0.39 is 27.2 Å². The number of fused-ring (bicyclic) bond motifs is 1. The number of aromatic carboxylic acids is 1. The van der Waals surface area contributed by atoms with Crippen LogP contribution in [-0.2, 0) is 27.0 Å². The van der Waals surface area contributed by atoms with Gasteiger partial charge >= 0.3 is 11.1 Å². The van der Waals surface area contributed by atoms with E-state index in [-0.39, 0.29) is 62.0 Å². The molecule has 1 atom stereocenters. The summed E-state index contributed by atoms with van der Waals surface area (Å²) in [5, 5.41) is 9.11.